The molecule has 24 heavy (non-hydrogen) atoms. The molecule has 2 heterocycles. The van der Waals surface area contributed by atoms with Crippen LogP contribution in [0.1, 0.15) is 0 Å². The van der Waals surface area contributed by atoms with Gasteiger partial charge in [0.15, 0.2) is 5.49 Å². The molecule has 0 atom stereocenters. The number of halogens is 5. The maximum Gasteiger partial charge on any atom is 0.352 e. The molecule has 1 aliphatic heterocycles. The van der Waals surface area contributed by atoms with Gasteiger partial charge in [-0.05, 0) is 5.41 Å². The van der Waals surface area contributed by atoms with Gasteiger partial charge in [0, 0.05) is 5.22 Å². The lowest BCUT2D eigenvalue weighted by molar-refractivity contribution is -0.129. The van der Waals surface area contributed by atoms with Gasteiger partial charge >= 0.3 is 5.97 Å². The highest BCUT2D eigenvalue weighted by atomic mass is 32.2. The van der Waals surface area contributed by atoms with E-state index in [1.54, 1.807) is 0 Å². The molecule has 5 nitrogen and oxygen atoms in total. The monoisotopic (exact) mass is 361 g/mol. The lowest BCUT2D eigenvalue weighted by Crippen LogP contribution is -2.20. The van der Waals surface area contributed by atoms with Gasteiger partial charge in [0.1, 0.15) is 4.91 Å². The number of rotatable bonds is 2. The Morgan fingerprint density at radius 1 is 1.04 bits per heavy atom. The van der Waals surface area contributed by atoms with Crippen molar-refractivity contribution in [2.45, 2.75) is 0 Å². The van der Waals surface area contributed by atoms with Crippen LogP contribution in [0.4, 0.5) is 22.0 Å². The van der Waals surface area contributed by atoms with Crippen LogP contribution in [0.25, 0.3) is 5.41 Å². The standard InChI is InChI=1S/C13H4F5N3O2S/c14-6-7(15)9(17)11(10(18)8(6)16)23-13(22)5-2-19-12-4(3-24-5)1-20-21-12/h1-3H,(H,19,21). The fraction of sp³-hybridized carbons (Fsp3) is 0. The summed E-state index contributed by atoms with van der Waals surface area (Å²) in [7, 11) is 0. The fourth-order valence-electron chi connectivity index (χ4n) is 1.68. The summed E-state index contributed by atoms with van der Waals surface area (Å²) >= 11 is 0.783. The number of hydrogen-bond donors (Lipinski definition) is 1. The van der Waals surface area contributed by atoms with E-state index in [9.17, 15) is 26.7 Å². The molecule has 124 valence electrons. The Morgan fingerprint density at radius 3 is 2.33 bits per heavy atom. The number of hydrogen-bond acceptors (Lipinski definition) is 5. The number of aromatic amines is 1. The minimum absolute atomic E-state index is 0.233. The number of fused-ring (bicyclic) bond motifs is 1. The van der Waals surface area contributed by atoms with Crippen LogP contribution in [0.5, 0.6) is 5.75 Å². The molecule has 1 N–H and O–H groups in total. The number of esters is 1. The van der Waals surface area contributed by atoms with E-state index < -0.39 is 40.8 Å². The number of aromatic nitrogens is 2. The van der Waals surface area contributed by atoms with Crippen LogP contribution in [-0.2, 0) is 4.79 Å². The Labute approximate surface area is 133 Å². The predicted octanol–water partition coefficient (Wildman–Crippen LogP) is 1.66. The van der Waals surface area contributed by atoms with Gasteiger partial charge in [0.25, 0.3) is 0 Å². The minimum Gasteiger partial charge on any atom is -0.416 e. The summed E-state index contributed by atoms with van der Waals surface area (Å²) in [5.41, 5.74) is 0.321. The summed E-state index contributed by atoms with van der Waals surface area (Å²) in [5.74, 6) is -14.3. The van der Waals surface area contributed by atoms with Gasteiger partial charge in [-0.2, -0.15) is 13.9 Å². The van der Waals surface area contributed by atoms with E-state index in [-0.39, 0.29) is 4.91 Å². The van der Waals surface area contributed by atoms with Gasteiger partial charge in [-0.15, -0.1) is 0 Å². The van der Waals surface area contributed by atoms with Crippen LogP contribution in [0.15, 0.2) is 22.3 Å². The van der Waals surface area contributed by atoms with E-state index in [4.69, 9.17) is 0 Å². The molecule has 1 aromatic heterocycles. The Kier molecular flexibility index (Phi) is 4.09. The van der Waals surface area contributed by atoms with Crippen LogP contribution in [0.3, 0.4) is 0 Å². The van der Waals surface area contributed by atoms with Crippen LogP contribution in [-0.4, -0.2) is 16.2 Å². The molecule has 3 rings (SSSR count). The number of benzene rings is 1. The summed E-state index contributed by atoms with van der Waals surface area (Å²) in [5, 5.41) is 8.22. The summed E-state index contributed by atoms with van der Waals surface area (Å²) in [6.45, 7) is 0. The second-order valence-electron chi connectivity index (χ2n) is 4.32. The zero-order valence-electron chi connectivity index (χ0n) is 11.2. The van der Waals surface area contributed by atoms with Gasteiger partial charge in [0.05, 0.1) is 12.4 Å². The first-order valence-corrected chi connectivity index (χ1v) is 6.96. The van der Waals surface area contributed by atoms with Gasteiger partial charge in [-0.1, -0.05) is 11.8 Å². The number of ether oxygens (including phenoxy) is 1. The Balaban J connectivity index is 1.94. The van der Waals surface area contributed by atoms with Crippen molar-refractivity contribution in [2.24, 2.45) is 4.99 Å². The van der Waals surface area contributed by atoms with Crippen molar-refractivity contribution in [2.75, 3.05) is 0 Å². The molecular formula is C13H4F5N3O2S. The first kappa shape index (κ1) is 16.2. The Morgan fingerprint density at radius 2 is 1.67 bits per heavy atom. The molecule has 0 fully saturated rings. The number of carbonyl (C=O) groups is 1. The van der Waals surface area contributed by atoms with Crippen molar-refractivity contribution in [1.29, 1.82) is 0 Å². The van der Waals surface area contributed by atoms with E-state index in [0.29, 0.717) is 10.7 Å². The highest BCUT2D eigenvalue weighted by Gasteiger charge is 2.29. The summed E-state index contributed by atoms with van der Waals surface area (Å²) in [4.78, 5) is 15.5. The molecule has 1 aliphatic rings. The van der Waals surface area contributed by atoms with Gasteiger partial charge in [-0.3, -0.25) is 5.10 Å². The number of nitrogens with zero attached hydrogens (tertiary/aromatic N) is 2. The molecule has 0 spiro atoms. The molecular weight excluding hydrogens is 357 g/mol. The van der Waals surface area contributed by atoms with E-state index >= 15 is 0 Å². The normalized spacial score (nSPS) is 13.3. The molecule has 0 saturated carbocycles. The topological polar surface area (TPSA) is 67.3 Å². The first-order valence-electron chi connectivity index (χ1n) is 6.08. The predicted molar refractivity (Wildman–Crippen MR) is 71.4 cm³/mol. The van der Waals surface area contributed by atoms with Crippen LogP contribution in [0, 0.1) is 29.1 Å². The second-order valence-corrected chi connectivity index (χ2v) is 5.23. The van der Waals surface area contributed by atoms with Crippen molar-refractivity contribution in [3.05, 3.63) is 57.1 Å². The average molecular weight is 361 g/mol. The largest absolute Gasteiger partial charge is 0.416 e. The third-order valence-corrected chi connectivity index (χ3v) is 3.73. The van der Waals surface area contributed by atoms with Crippen molar-refractivity contribution in [1.82, 2.24) is 10.2 Å². The SMILES string of the molecule is O=C(Oc1c(F)c(F)c(F)c(F)c1F)C1=CN=c2[nH]ncc2=CS1. The maximum atomic E-state index is 13.5. The van der Waals surface area contributed by atoms with Crippen LogP contribution < -0.4 is 15.4 Å². The second kappa shape index (κ2) is 6.07. The smallest absolute Gasteiger partial charge is 0.352 e. The van der Waals surface area contributed by atoms with Gasteiger partial charge in [0.2, 0.25) is 34.8 Å². The summed E-state index contributed by atoms with van der Waals surface area (Å²) in [6.07, 6.45) is 2.43. The highest BCUT2D eigenvalue weighted by molar-refractivity contribution is 8.10. The molecule has 0 unspecified atom stereocenters. The fourth-order valence-corrected chi connectivity index (χ4v) is 2.35. The van der Waals surface area contributed by atoms with E-state index in [2.05, 4.69) is 19.9 Å². The third-order valence-electron chi connectivity index (χ3n) is 2.84. The van der Waals surface area contributed by atoms with Crippen molar-refractivity contribution in [3.63, 3.8) is 0 Å². The number of H-pyrrole nitrogens is 1. The molecule has 2 aromatic rings. The maximum absolute atomic E-state index is 13.5. The molecule has 11 heteroatoms. The van der Waals surface area contributed by atoms with Gasteiger partial charge < -0.3 is 4.74 Å². The number of nitrogens with one attached hydrogen (secondary N) is 1. The quantitative estimate of drug-likeness (QED) is 0.290. The van der Waals surface area contributed by atoms with Crippen molar-refractivity contribution >= 4 is 23.1 Å². The van der Waals surface area contributed by atoms with Crippen molar-refractivity contribution < 1.29 is 31.5 Å². The third kappa shape index (κ3) is 2.66. The molecule has 1 aromatic carbocycles. The molecule has 0 radical (unpaired) electrons. The van der Waals surface area contributed by atoms with Crippen molar-refractivity contribution in [3.8, 4) is 5.75 Å². The Bertz CT molecular complexity index is 973. The van der Waals surface area contributed by atoms with E-state index in [0.717, 1.165) is 18.0 Å². The lowest BCUT2D eigenvalue weighted by atomic mass is 10.2. The summed E-state index contributed by atoms with van der Waals surface area (Å²) in [6, 6.07) is 0. The Hall–Kier alpha value is -2.69. The number of thioether (sulfide) groups is 1. The molecule has 0 aliphatic carbocycles. The zero-order chi connectivity index (χ0) is 17.4. The molecule has 0 saturated heterocycles. The average Bonchev–Trinajstić information content (AvgIpc) is 2.93. The molecule has 0 bridgehead atoms. The van der Waals surface area contributed by atoms with E-state index in [1.165, 1.54) is 11.6 Å². The number of carbonyl (C=O) groups excluding carboxylic acids is 1. The van der Waals surface area contributed by atoms with Gasteiger partial charge in [-0.25, -0.2) is 23.0 Å². The van der Waals surface area contributed by atoms with Crippen LogP contribution in [0.2, 0.25) is 0 Å². The van der Waals surface area contributed by atoms with E-state index in [1.807, 2.05) is 0 Å². The lowest BCUT2D eigenvalue weighted by Gasteiger charge is -2.09. The zero-order valence-corrected chi connectivity index (χ0v) is 12.1. The summed E-state index contributed by atoms with van der Waals surface area (Å²) < 4.78 is 70.5. The minimum atomic E-state index is -2.35. The molecule has 0 amide bonds. The first-order chi connectivity index (χ1) is 11.4. The highest BCUT2D eigenvalue weighted by Crippen LogP contribution is 2.30. The van der Waals surface area contributed by atoms with Crippen LogP contribution >= 0.6 is 11.8 Å².